The number of aryl methyl sites for hydroxylation is 1. The summed E-state index contributed by atoms with van der Waals surface area (Å²) in [6.45, 7) is 5.13. The van der Waals surface area contributed by atoms with Gasteiger partial charge in [-0.05, 0) is 44.1 Å². The summed E-state index contributed by atoms with van der Waals surface area (Å²) in [6, 6.07) is 1.71. The number of carbonyl (C=O) groups excluding carboxylic acids is 1. The molecule has 106 valence electrons. The summed E-state index contributed by atoms with van der Waals surface area (Å²) in [7, 11) is 0. The standard InChI is InChI=1S/C15H24N2O2/c1-3-8-17-10-12(16)9-14(17)15(18)19-13-6-4-11(2)5-7-13/h9-11,13H,3-8,16H2,1-2H3. The summed E-state index contributed by atoms with van der Waals surface area (Å²) >= 11 is 0. The van der Waals surface area contributed by atoms with Crippen LogP contribution in [0.15, 0.2) is 12.3 Å². The first-order valence-electron chi connectivity index (χ1n) is 7.26. The lowest BCUT2D eigenvalue weighted by atomic mass is 9.89. The third kappa shape index (κ3) is 3.52. The number of carbonyl (C=O) groups is 1. The highest BCUT2D eigenvalue weighted by atomic mass is 16.5. The maximum absolute atomic E-state index is 12.2. The number of nitrogen functional groups attached to an aromatic ring is 1. The Hall–Kier alpha value is -1.45. The summed E-state index contributed by atoms with van der Waals surface area (Å²) < 4.78 is 7.50. The molecule has 1 fully saturated rings. The Labute approximate surface area is 114 Å². The summed E-state index contributed by atoms with van der Waals surface area (Å²) in [5, 5.41) is 0. The fourth-order valence-corrected chi connectivity index (χ4v) is 2.69. The summed E-state index contributed by atoms with van der Waals surface area (Å²) in [4.78, 5) is 12.2. The van der Waals surface area contributed by atoms with Gasteiger partial charge in [-0.25, -0.2) is 4.79 Å². The molecule has 0 amide bonds. The number of rotatable bonds is 4. The van der Waals surface area contributed by atoms with Crippen molar-refractivity contribution < 1.29 is 9.53 Å². The van der Waals surface area contributed by atoms with Crippen molar-refractivity contribution in [1.82, 2.24) is 4.57 Å². The van der Waals surface area contributed by atoms with Gasteiger partial charge in [0, 0.05) is 12.7 Å². The van der Waals surface area contributed by atoms with Crippen molar-refractivity contribution >= 4 is 11.7 Å². The van der Waals surface area contributed by atoms with Crippen LogP contribution in [0.3, 0.4) is 0 Å². The van der Waals surface area contributed by atoms with E-state index in [-0.39, 0.29) is 12.1 Å². The van der Waals surface area contributed by atoms with Crippen LogP contribution < -0.4 is 5.73 Å². The van der Waals surface area contributed by atoms with E-state index in [1.165, 1.54) is 0 Å². The first-order valence-corrected chi connectivity index (χ1v) is 7.26. The number of nitrogens with zero attached hydrogens (tertiary/aromatic N) is 1. The second-order valence-corrected chi connectivity index (χ2v) is 5.64. The van der Waals surface area contributed by atoms with Crippen molar-refractivity contribution in [2.45, 2.75) is 58.6 Å². The van der Waals surface area contributed by atoms with Crippen LogP contribution in [-0.2, 0) is 11.3 Å². The van der Waals surface area contributed by atoms with E-state index >= 15 is 0 Å². The second-order valence-electron chi connectivity index (χ2n) is 5.64. The molecule has 2 rings (SSSR count). The topological polar surface area (TPSA) is 57.2 Å². The molecule has 4 heteroatoms. The Bertz CT molecular complexity index is 431. The molecular formula is C15H24N2O2. The highest BCUT2D eigenvalue weighted by Gasteiger charge is 2.23. The minimum Gasteiger partial charge on any atom is -0.458 e. The van der Waals surface area contributed by atoms with E-state index in [9.17, 15) is 4.79 Å². The van der Waals surface area contributed by atoms with Crippen LogP contribution >= 0.6 is 0 Å². The lowest BCUT2D eigenvalue weighted by Crippen LogP contribution is -2.24. The first-order chi connectivity index (χ1) is 9.10. The van der Waals surface area contributed by atoms with E-state index in [1.54, 1.807) is 6.07 Å². The van der Waals surface area contributed by atoms with Crippen LogP contribution in [0.5, 0.6) is 0 Å². The normalized spacial score (nSPS) is 23.3. The Balaban J connectivity index is 1.99. The molecule has 2 N–H and O–H groups in total. The quantitative estimate of drug-likeness (QED) is 0.849. The fourth-order valence-electron chi connectivity index (χ4n) is 2.69. The van der Waals surface area contributed by atoms with Crippen molar-refractivity contribution in [3.05, 3.63) is 18.0 Å². The van der Waals surface area contributed by atoms with Crippen molar-refractivity contribution in [2.24, 2.45) is 5.92 Å². The largest absolute Gasteiger partial charge is 0.458 e. The summed E-state index contributed by atoms with van der Waals surface area (Å²) in [6.07, 6.45) is 7.12. The lowest BCUT2D eigenvalue weighted by molar-refractivity contribution is 0.0162. The molecule has 1 saturated carbocycles. The highest BCUT2D eigenvalue weighted by Crippen LogP contribution is 2.26. The zero-order valence-electron chi connectivity index (χ0n) is 11.9. The number of anilines is 1. The van der Waals surface area contributed by atoms with Crippen molar-refractivity contribution in [1.29, 1.82) is 0 Å². The SMILES string of the molecule is CCCn1cc(N)cc1C(=O)OC1CCC(C)CC1. The van der Waals surface area contributed by atoms with E-state index < -0.39 is 0 Å². The number of nitrogens with two attached hydrogens (primary N) is 1. The minimum absolute atomic E-state index is 0.0786. The van der Waals surface area contributed by atoms with Crippen LogP contribution in [-0.4, -0.2) is 16.6 Å². The molecule has 0 unspecified atom stereocenters. The van der Waals surface area contributed by atoms with E-state index in [4.69, 9.17) is 10.5 Å². The van der Waals surface area contributed by atoms with Crippen LogP contribution in [0.1, 0.15) is 56.4 Å². The molecule has 4 nitrogen and oxygen atoms in total. The second kappa shape index (κ2) is 6.13. The smallest absolute Gasteiger partial charge is 0.355 e. The maximum Gasteiger partial charge on any atom is 0.355 e. The van der Waals surface area contributed by atoms with Crippen LogP contribution in [0.25, 0.3) is 0 Å². The van der Waals surface area contributed by atoms with Crippen molar-refractivity contribution in [3.8, 4) is 0 Å². The van der Waals surface area contributed by atoms with Gasteiger partial charge in [-0.2, -0.15) is 0 Å². The van der Waals surface area contributed by atoms with Crippen LogP contribution in [0, 0.1) is 5.92 Å². The summed E-state index contributed by atoms with van der Waals surface area (Å²) in [5.41, 5.74) is 6.97. The molecule has 0 saturated heterocycles. The number of aromatic nitrogens is 1. The van der Waals surface area contributed by atoms with Crippen LogP contribution in [0.4, 0.5) is 5.69 Å². The average molecular weight is 264 g/mol. The Kier molecular flexibility index (Phi) is 4.51. The number of hydrogen-bond acceptors (Lipinski definition) is 3. The third-order valence-electron chi connectivity index (χ3n) is 3.83. The van der Waals surface area contributed by atoms with Gasteiger partial charge in [0.05, 0.1) is 5.69 Å². The molecule has 1 aromatic rings. The van der Waals surface area contributed by atoms with Crippen LogP contribution in [0.2, 0.25) is 0 Å². The molecular weight excluding hydrogens is 240 g/mol. The molecule has 0 aromatic carbocycles. The van der Waals surface area contributed by atoms with E-state index in [0.717, 1.165) is 44.6 Å². The van der Waals surface area contributed by atoms with Crippen molar-refractivity contribution in [3.63, 3.8) is 0 Å². The van der Waals surface area contributed by atoms with Gasteiger partial charge >= 0.3 is 5.97 Å². The number of esters is 1. The Morgan fingerprint density at radius 3 is 2.74 bits per heavy atom. The van der Waals surface area contributed by atoms with Gasteiger partial charge in [0.15, 0.2) is 0 Å². The third-order valence-corrected chi connectivity index (χ3v) is 3.83. The monoisotopic (exact) mass is 264 g/mol. The van der Waals surface area contributed by atoms with Gasteiger partial charge in [-0.1, -0.05) is 13.8 Å². The Morgan fingerprint density at radius 1 is 1.42 bits per heavy atom. The molecule has 0 aliphatic heterocycles. The lowest BCUT2D eigenvalue weighted by Gasteiger charge is -2.26. The zero-order chi connectivity index (χ0) is 13.8. The fraction of sp³-hybridized carbons (Fsp3) is 0.667. The van der Waals surface area contributed by atoms with Gasteiger partial charge in [0.1, 0.15) is 11.8 Å². The van der Waals surface area contributed by atoms with E-state index in [1.807, 2.05) is 10.8 Å². The van der Waals surface area contributed by atoms with Gasteiger partial charge in [-0.15, -0.1) is 0 Å². The molecule has 1 heterocycles. The number of ether oxygens (including phenoxy) is 1. The number of hydrogen-bond donors (Lipinski definition) is 1. The highest BCUT2D eigenvalue weighted by molar-refractivity contribution is 5.89. The van der Waals surface area contributed by atoms with Gasteiger partial charge in [0.2, 0.25) is 0 Å². The summed E-state index contributed by atoms with van der Waals surface area (Å²) in [5.74, 6) is 0.527. The molecule has 1 aliphatic rings. The van der Waals surface area contributed by atoms with E-state index in [0.29, 0.717) is 11.4 Å². The predicted octanol–water partition coefficient (Wildman–Crippen LogP) is 3.22. The van der Waals surface area contributed by atoms with Gasteiger partial charge in [0.25, 0.3) is 0 Å². The molecule has 0 spiro atoms. The van der Waals surface area contributed by atoms with E-state index in [2.05, 4.69) is 13.8 Å². The molecule has 1 aliphatic carbocycles. The first kappa shape index (κ1) is 14.0. The molecule has 1 aromatic heterocycles. The van der Waals surface area contributed by atoms with Gasteiger partial charge in [-0.3, -0.25) is 0 Å². The predicted molar refractivity (Wildman–Crippen MR) is 76.0 cm³/mol. The molecule has 19 heavy (non-hydrogen) atoms. The molecule has 0 atom stereocenters. The van der Waals surface area contributed by atoms with Gasteiger partial charge < -0.3 is 15.0 Å². The maximum atomic E-state index is 12.2. The average Bonchev–Trinajstić information content (AvgIpc) is 2.74. The zero-order valence-corrected chi connectivity index (χ0v) is 11.9. The minimum atomic E-state index is -0.232. The van der Waals surface area contributed by atoms with Crippen molar-refractivity contribution in [2.75, 3.05) is 5.73 Å². The molecule has 0 radical (unpaired) electrons. The Morgan fingerprint density at radius 2 is 2.11 bits per heavy atom. The molecule has 0 bridgehead atoms.